The summed E-state index contributed by atoms with van der Waals surface area (Å²) in [6.45, 7) is 5.83. The van der Waals surface area contributed by atoms with Crippen molar-refractivity contribution in [3.05, 3.63) is 64.7 Å². The molecular formula is C20H23ClN2O3. The standard InChI is InChI=1S/C20H23ClN2O3/c1-14-12-23(11-10-22-14)13-19(15-2-6-17(21)7-3-15)26-18-8-4-16(5-9-18)20(24)25/h2-9,14,19,22H,10-13H2,1H3,(H,24,25)/t14-,19?/m1/s1. The lowest BCUT2D eigenvalue weighted by Crippen LogP contribution is -2.50. The SMILES string of the molecule is C[C@@H]1CN(CC(Oc2ccc(C(=O)O)cc2)c2ccc(Cl)cc2)CCN1. The molecule has 2 aromatic rings. The molecule has 26 heavy (non-hydrogen) atoms. The van der Waals surface area contributed by atoms with Crippen molar-refractivity contribution in [1.29, 1.82) is 0 Å². The first-order valence-corrected chi connectivity index (χ1v) is 9.10. The summed E-state index contributed by atoms with van der Waals surface area (Å²) < 4.78 is 6.22. The van der Waals surface area contributed by atoms with Crippen molar-refractivity contribution in [2.75, 3.05) is 26.2 Å². The summed E-state index contributed by atoms with van der Waals surface area (Å²) in [6.07, 6.45) is -0.159. The second-order valence-electron chi connectivity index (χ2n) is 6.60. The van der Waals surface area contributed by atoms with Crippen LogP contribution >= 0.6 is 11.6 Å². The minimum Gasteiger partial charge on any atom is -0.484 e. The maximum Gasteiger partial charge on any atom is 0.335 e. The van der Waals surface area contributed by atoms with Crippen molar-refractivity contribution in [1.82, 2.24) is 10.2 Å². The van der Waals surface area contributed by atoms with Crippen molar-refractivity contribution in [3.63, 3.8) is 0 Å². The predicted molar refractivity (Wildman–Crippen MR) is 102 cm³/mol. The van der Waals surface area contributed by atoms with E-state index >= 15 is 0 Å². The van der Waals surface area contributed by atoms with E-state index in [9.17, 15) is 4.79 Å². The highest BCUT2D eigenvalue weighted by molar-refractivity contribution is 6.30. The molecule has 6 heteroatoms. The lowest BCUT2D eigenvalue weighted by molar-refractivity contribution is 0.0696. The molecule has 1 aliphatic rings. The van der Waals surface area contributed by atoms with Crippen LogP contribution in [-0.2, 0) is 0 Å². The van der Waals surface area contributed by atoms with Crippen molar-refractivity contribution < 1.29 is 14.6 Å². The molecule has 138 valence electrons. The molecule has 0 radical (unpaired) electrons. The number of carboxylic acids is 1. The molecule has 5 nitrogen and oxygen atoms in total. The molecule has 2 N–H and O–H groups in total. The smallest absolute Gasteiger partial charge is 0.335 e. The van der Waals surface area contributed by atoms with Gasteiger partial charge >= 0.3 is 5.97 Å². The van der Waals surface area contributed by atoms with Crippen molar-refractivity contribution in [2.45, 2.75) is 19.1 Å². The maximum atomic E-state index is 11.0. The van der Waals surface area contributed by atoms with Crippen molar-refractivity contribution in [3.8, 4) is 5.75 Å². The largest absolute Gasteiger partial charge is 0.484 e. The van der Waals surface area contributed by atoms with E-state index in [0.717, 1.165) is 31.7 Å². The number of aromatic carboxylic acids is 1. The van der Waals surface area contributed by atoms with Gasteiger partial charge in [0.1, 0.15) is 11.9 Å². The minimum absolute atomic E-state index is 0.159. The van der Waals surface area contributed by atoms with E-state index in [0.29, 0.717) is 16.8 Å². The number of piperazine rings is 1. The summed E-state index contributed by atoms with van der Waals surface area (Å²) in [5.74, 6) is -0.293. The zero-order valence-corrected chi connectivity index (χ0v) is 15.4. The Labute approximate surface area is 158 Å². The molecule has 1 saturated heterocycles. The first-order valence-electron chi connectivity index (χ1n) is 8.72. The van der Waals surface area contributed by atoms with Gasteiger partial charge in [0.25, 0.3) is 0 Å². The van der Waals surface area contributed by atoms with E-state index in [4.69, 9.17) is 21.4 Å². The molecule has 0 spiro atoms. The lowest BCUT2D eigenvalue weighted by Gasteiger charge is -2.34. The van der Waals surface area contributed by atoms with Crippen molar-refractivity contribution in [2.24, 2.45) is 0 Å². The highest BCUT2D eigenvalue weighted by Gasteiger charge is 2.22. The molecule has 3 rings (SSSR count). The molecule has 0 aliphatic carbocycles. The van der Waals surface area contributed by atoms with E-state index in [1.54, 1.807) is 24.3 Å². The number of ether oxygens (including phenoxy) is 1. The van der Waals surface area contributed by atoms with Gasteiger partial charge in [-0.05, 0) is 48.9 Å². The molecule has 2 atom stereocenters. The van der Waals surface area contributed by atoms with Gasteiger partial charge in [0.2, 0.25) is 0 Å². The van der Waals surface area contributed by atoms with Crippen LogP contribution < -0.4 is 10.1 Å². The fourth-order valence-electron chi connectivity index (χ4n) is 3.14. The number of carboxylic acid groups (broad SMARTS) is 1. The number of halogens is 1. The Hall–Kier alpha value is -2.08. The third-order valence-corrected chi connectivity index (χ3v) is 4.75. The van der Waals surface area contributed by atoms with E-state index in [1.807, 2.05) is 24.3 Å². The Morgan fingerprint density at radius 3 is 2.58 bits per heavy atom. The molecular weight excluding hydrogens is 352 g/mol. The highest BCUT2D eigenvalue weighted by Crippen LogP contribution is 2.25. The molecule has 1 unspecified atom stereocenters. The number of hydrogen-bond donors (Lipinski definition) is 2. The van der Waals surface area contributed by atoms with E-state index in [1.165, 1.54) is 0 Å². The number of nitrogens with zero attached hydrogens (tertiary/aromatic N) is 1. The Balaban J connectivity index is 1.77. The molecule has 0 aromatic heterocycles. The predicted octanol–water partition coefficient (Wildman–Crippen LogP) is 3.45. The summed E-state index contributed by atoms with van der Waals surface area (Å²) in [4.78, 5) is 13.4. The monoisotopic (exact) mass is 374 g/mol. The van der Waals surface area contributed by atoms with Gasteiger partial charge in [-0.1, -0.05) is 23.7 Å². The van der Waals surface area contributed by atoms with Crippen LogP contribution in [0.4, 0.5) is 0 Å². The summed E-state index contributed by atoms with van der Waals surface area (Å²) in [6, 6.07) is 14.6. The number of rotatable bonds is 6. The quantitative estimate of drug-likeness (QED) is 0.810. The molecule has 1 heterocycles. The summed E-state index contributed by atoms with van der Waals surface area (Å²) in [5.41, 5.74) is 1.29. The van der Waals surface area contributed by atoms with Crippen LogP contribution in [0.2, 0.25) is 5.02 Å². The summed E-state index contributed by atoms with van der Waals surface area (Å²) >= 11 is 6.02. The van der Waals surface area contributed by atoms with Crippen LogP contribution in [0.15, 0.2) is 48.5 Å². The summed E-state index contributed by atoms with van der Waals surface area (Å²) in [7, 11) is 0. The van der Waals surface area contributed by atoms with Crippen LogP contribution in [-0.4, -0.2) is 48.2 Å². The number of nitrogens with one attached hydrogen (secondary N) is 1. The second-order valence-corrected chi connectivity index (χ2v) is 7.04. The molecule has 0 amide bonds. The Morgan fingerprint density at radius 1 is 1.27 bits per heavy atom. The summed E-state index contributed by atoms with van der Waals surface area (Å²) in [5, 5.41) is 13.2. The van der Waals surface area contributed by atoms with Gasteiger partial charge in [-0.2, -0.15) is 0 Å². The van der Waals surface area contributed by atoms with Crippen LogP contribution in [0.5, 0.6) is 5.75 Å². The Kier molecular flexibility index (Phi) is 6.14. The zero-order chi connectivity index (χ0) is 18.5. The average molecular weight is 375 g/mol. The fraction of sp³-hybridized carbons (Fsp3) is 0.350. The maximum absolute atomic E-state index is 11.0. The van der Waals surface area contributed by atoms with E-state index in [2.05, 4.69) is 17.1 Å². The van der Waals surface area contributed by atoms with Gasteiger partial charge < -0.3 is 15.2 Å². The molecule has 0 saturated carbocycles. The Morgan fingerprint density at radius 2 is 1.96 bits per heavy atom. The topological polar surface area (TPSA) is 61.8 Å². The van der Waals surface area contributed by atoms with E-state index < -0.39 is 5.97 Å². The average Bonchev–Trinajstić information content (AvgIpc) is 2.62. The second kappa shape index (κ2) is 8.54. The number of hydrogen-bond acceptors (Lipinski definition) is 4. The number of carbonyl (C=O) groups is 1. The first-order chi connectivity index (χ1) is 12.5. The third kappa shape index (κ3) is 4.97. The van der Waals surface area contributed by atoms with Gasteiger partial charge in [-0.25, -0.2) is 4.79 Å². The normalized spacial score (nSPS) is 19.1. The molecule has 2 aromatic carbocycles. The third-order valence-electron chi connectivity index (χ3n) is 4.50. The highest BCUT2D eigenvalue weighted by atomic mass is 35.5. The van der Waals surface area contributed by atoms with Crippen LogP contribution in [0.1, 0.15) is 28.9 Å². The number of benzene rings is 2. The van der Waals surface area contributed by atoms with Gasteiger partial charge in [-0.15, -0.1) is 0 Å². The van der Waals surface area contributed by atoms with Gasteiger partial charge in [0, 0.05) is 37.2 Å². The van der Waals surface area contributed by atoms with E-state index in [-0.39, 0.29) is 11.7 Å². The fourth-order valence-corrected chi connectivity index (χ4v) is 3.27. The molecule has 1 aliphatic heterocycles. The van der Waals surface area contributed by atoms with Gasteiger partial charge in [0.15, 0.2) is 0 Å². The van der Waals surface area contributed by atoms with Gasteiger partial charge in [0.05, 0.1) is 5.56 Å². The molecule has 1 fully saturated rings. The Bertz CT molecular complexity index is 734. The van der Waals surface area contributed by atoms with Crippen LogP contribution in [0.25, 0.3) is 0 Å². The first kappa shape index (κ1) is 18.7. The van der Waals surface area contributed by atoms with Crippen LogP contribution in [0.3, 0.4) is 0 Å². The lowest BCUT2D eigenvalue weighted by atomic mass is 10.1. The zero-order valence-electron chi connectivity index (χ0n) is 14.7. The van der Waals surface area contributed by atoms with Crippen molar-refractivity contribution >= 4 is 17.6 Å². The van der Waals surface area contributed by atoms with Crippen LogP contribution in [0, 0.1) is 0 Å². The van der Waals surface area contributed by atoms with Gasteiger partial charge in [-0.3, -0.25) is 4.90 Å². The minimum atomic E-state index is -0.944. The molecule has 0 bridgehead atoms.